The molecule has 0 heterocycles. The molecule has 0 saturated carbocycles. The van der Waals surface area contributed by atoms with Crippen LogP contribution in [0, 0.1) is 5.41 Å². The summed E-state index contributed by atoms with van der Waals surface area (Å²) in [4.78, 5) is 13.2. The van der Waals surface area contributed by atoms with Gasteiger partial charge in [-0.15, -0.1) is 0 Å². The highest BCUT2D eigenvalue weighted by molar-refractivity contribution is 5.96. The van der Waals surface area contributed by atoms with E-state index in [0.29, 0.717) is 12.1 Å². The first-order chi connectivity index (χ1) is 8.73. The third-order valence-corrected chi connectivity index (χ3v) is 2.63. The van der Waals surface area contributed by atoms with Gasteiger partial charge in [-0.2, -0.15) is 13.2 Å². The molecule has 1 aromatic carbocycles. The van der Waals surface area contributed by atoms with Crippen molar-refractivity contribution < 1.29 is 18.0 Å². The summed E-state index contributed by atoms with van der Waals surface area (Å²) < 4.78 is 38.3. The van der Waals surface area contributed by atoms with Crippen LogP contribution in [0.25, 0.3) is 0 Å². The van der Waals surface area contributed by atoms with Crippen molar-refractivity contribution in [1.82, 2.24) is 4.90 Å². The normalized spacial score (nSPS) is 11.2. The molecule has 0 radical (unpaired) electrons. The topological polar surface area (TPSA) is 44.2 Å². The molecule has 0 aliphatic heterocycles. The van der Waals surface area contributed by atoms with Crippen LogP contribution in [0.1, 0.15) is 29.3 Å². The first-order valence-electron chi connectivity index (χ1n) is 5.69. The molecule has 0 saturated heterocycles. The number of alkyl halides is 3. The lowest BCUT2D eigenvalue weighted by Gasteiger charge is -2.19. The summed E-state index contributed by atoms with van der Waals surface area (Å²) in [5.74, 6) is -0.686. The lowest BCUT2D eigenvalue weighted by atomic mass is 10.1. The van der Waals surface area contributed by atoms with Crippen LogP contribution < -0.4 is 0 Å². The molecule has 6 heteroatoms. The molecule has 0 aliphatic carbocycles. The Morgan fingerprint density at radius 3 is 2.42 bits per heavy atom. The van der Waals surface area contributed by atoms with E-state index in [1.165, 1.54) is 30.1 Å². The van der Waals surface area contributed by atoms with Crippen LogP contribution in [0.15, 0.2) is 24.3 Å². The molecule has 0 aliphatic rings. The van der Waals surface area contributed by atoms with E-state index in [4.69, 9.17) is 5.41 Å². The Balaban J connectivity index is 2.97. The summed E-state index contributed by atoms with van der Waals surface area (Å²) in [5.41, 5.74) is -0.915. The highest BCUT2D eigenvalue weighted by Crippen LogP contribution is 2.32. The Hall–Kier alpha value is -1.85. The van der Waals surface area contributed by atoms with E-state index in [1.807, 2.05) is 0 Å². The maximum absolute atomic E-state index is 12.8. The van der Waals surface area contributed by atoms with E-state index < -0.39 is 17.6 Å². The van der Waals surface area contributed by atoms with Crippen LogP contribution in [-0.2, 0) is 6.18 Å². The lowest BCUT2D eigenvalue weighted by molar-refractivity contribution is -0.138. The Bertz CT molecular complexity index is 483. The molecule has 0 fully saturated rings. The smallest absolute Gasteiger partial charge is 0.341 e. The number of halogens is 3. The van der Waals surface area contributed by atoms with E-state index >= 15 is 0 Å². The van der Waals surface area contributed by atoms with Crippen LogP contribution in [0.2, 0.25) is 0 Å². The van der Waals surface area contributed by atoms with Crippen LogP contribution in [0.3, 0.4) is 0 Å². The summed E-state index contributed by atoms with van der Waals surface area (Å²) in [6.07, 6.45) is -4.21. The number of carbonyl (C=O) groups is 1. The van der Waals surface area contributed by atoms with Gasteiger partial charge in [-0.1, -0.05) is 12.1 Å². The molecule has 1 N–H and O–H groups in total. The summed E-state index contributed by atoms with van der Waals surface area (Å²) in [6.45, 7) is 1.81. The van der Waals surface area contributed by atoms with Gasteiger partial charge >= 0.3 is 6.18 Å². The van der Waals surface area contributed by atoms with Gasteiger partial charge in [0.15, 0.2) is 0 Å². The molecular formula is C13H15F3N2O. The van der Waals surface area contributed by atoms with Crippen molar-refractivity contribution in [3.8, 4) is 0 Å². The highest BCUT2D eigenvalue weighted by atomic mass is 19.4. The molecular weight excluding hydrogens is 257 g/mol. The largest absolute Gasteiger partial charge is 0.417 e. The van der Waals surface area contributed by atoms with Crippen LogP contribution in [-0.4, -0.2) is 30.1 Å². The monoisotopic (exact) mass is 272 g/mol. The van der Waals surface area contributed by atoms with Crippen LogP contribution in [0.5, 0.6) is 0 Å². The van der Waals surface area contributed by atoms with E-state index in [9.17, 15) is 18.0 Å². The molecule has 0 aromatic heterocycles. The molecule has 19 heavy (non-hydrogen) atoms. The van der Waals surface area contributed by atoms with Crippen molar-refractivity contribution in [2.24, 2.45) is 0 Å². The maximum Gasteiger partial charge on any atom is 0.417 e. The number of rotatable bonds is 4. The van der Waals surface area contributed by atoms with Crippen molar-refractivity contribution in [2.75, 3.05) is 13.6 Å². The summed E-state index contributed by atoms with van der Waals surface area (Å²) >= 11 is 0. The van der Waals surface area contributed by atoms with Gasteiger partial charge in [0.05, 0.1) is 11.1 Å². The molecule has 104 valence electrons. The Morgan fingerprint density at radius 2 is 1.89 bits per heavy atom. The Kier molecular flexibility index (Phi) is 4.69. The first kappa shape index (κ1) is 15.2. The van der Waals surface area contributed by atoms with Crippen molar-refractivity contribution in [1.29, 1.82) is 5.41 Å². The fourth-order valence-corrected chi connectivity index (χ4v) is 1.56. The second-order valence-corrected chi connectivity index (χ2v) is 4.30. The zero-order valence-corrected chi connectivity index (χ0v) is 10.7. The fourth-order valence-electron chi connectivity index (χ4n) is 1.56. The van der Waals surface area contributed by atoms with Crippen molar-refractivity contribution in [3.05, 3.63) is 35.4 Å². The Labute approximate surface area is 109 Å². The molecule has 0 unspecified atom stereocenters. The van der Waals surface area contributed by atoms with Crippen molar-refractivity contribution in [3.63, 3.8) is 0 Å². The number of nitrogens with zero attached hydrogens (tertiary/aromatic N) is 1. The quantitative estimate of drug-likeness (QED) is 0.840. The molecule has 3 nitrogen and oxygen atoms in total. The van der Waals surface area contributed by atoms with Crippen molar-refractivity contribution >= 4 is 11.6 Å². The number of hydrogen-bond acceptors (Lipinski definition) is 2. The van der Waals surface area contributed by atoms with Crippen molar-refractivity contribution in [2.45, 2.75) is 19.5 Å². The number of benzene rings is 1. The number of hydrogen-bond donors (Lipinski definition) is 1. The second kappa shape index (κ2) is 5.86. The molecule has 1 aromatic rings. The van der Waals surface area contributed by atoms with Gasteiger partial charge < -0.3 is 10.3 Å². The molecule has 1 rings (SSSR count). The third kappa shape index (κ3) is 4.08. The highest BCUT2D eigenvalue weighted by Gasteiger charge is 2.35. The lowest BCUT2D eigenvalue weighted by Crippen LogP contribution is -2.30. The standard InChI is InChI=1S/C13H15F3N2O/c1-9(17)7-8-18(2)12(19)10-5-3-4-6-11(10)13(14,15)16/h3-6,17H,7-8H2,1-2H3. The first-order valence-corrected chi connectivity index (χ1v) is 5.69. The molecule has 0 spiro atoms. The van der Waals surface area contributed by atoms with Gasteiger partial charge in [0, 0.05) is 25.7 Å². The predicted molar refractivity (Wildman–Crippen MR) is 66.4 cm³/mol. The third-order valence-electron chi connectivity index (χ3n) is 2.63. The van der Waals surface area contributed by atoms with Crippen LogP contribution in [0.4, 0.5) is 13.2 Å². The zero-order valence-electron chi connectivity index (χ0n) is 10.7. The maximum atomic E-state index is 12.8. The van der Waals surface area contributed by atoms with Gasteiger partial charge in [-0.3, -0.25) is 4.79 Å². The summed E-state index contributed by atoms with van der Waals surface area (Å²) in [7, 11) is 1.43. The number of carbonyl (C=O) groups excluding carboxylic acids is 1. The predicted octanol–water partition coefficient (Wildman–Crippen LogP) is 3.21. The van der Waals surface area contributed by atoms with Gasteiger partial charge in [0.2, 0.25) is 0 Å². The van der Waals surface area contributed by atoms with Gasteiger partial charge in [0.25, 0.3) is 5.91 Å². The van der Waals surface area contributed by atoms with E-state index in [2.05, 4.69) is 0 Å². The van der Waals surface area contributed by atoms with E-state index in [-0.39, 0.29) is 12.1 Å². The van der Waals surface area contributed by atoms with Crippen LogP contribution >= 0.6 is 0 Å². The minimum absolute atomic E-state index is 0.223. The second-order valence-electron chi connectivity index (χ2n) is 4.30. The average molecular weight is 272 g/mol. The van der Waals surface area contributed by atoms with E-state index in [1.54, 1.807) is 6.92 Å². The Morgan fingerprint density at radius 1 is 1.32 bits per heavy atom. The molecule has 1 amide bonds. The summed E-state index contributed by atoms with van der Waals surface area (Å²) in [5, 5.41) is 7.26. The minimum Gasteiger partial charge on any atom is -0.341 e. The van der Waals surface area contributed by atoms with Gasteiger partial charge in [-0.25, -0.2) is 0 Å². The van der Waals surface area contributed by atoms with E-state index in [0.717, 1.165) is 6.07 Å². The number of nitrogens with one attached hydrogen (secondary N) is 1. The van der Waals surface area contributed by atoms with Gasteiger partial charge in [0.1, 0.15) is 0 Å². The fraction of sp³-hybridized carbons (Fsp3) is 0.385. The average Bonchev–Trinajstić information content (AvgIpc) is 2.34. The van der Waals surface area contributed by atoms with Gasteiger partial charge in [-0.05, 0) is 19.1 Å². The number of amides is 1. The molecule has 0 bridgehead atoms. The zero-order chi connectivity index (χ0) is 14.6. The minimum atomic E-state index is -4.55. The SMILES string of the molecule is CC(=N)CCN(C)C(=O)c1ccccc1C(F)(F)F. The molecule has 0 atom stereocenters. The summed E-state index contributed by atoms with van der Waals surface area (Å²) in [6, 6.07) is 4.71.